The number of hydrogen-bond acceptors (Lipinski definition) is 2. The Labute approximate surface area is 126 Å². The molecule has 1 aliphatic heterocycles. The number of amides is 2. The van der Waals surface area contributed by atoms with E-state index >= 15 is 0 Å². The highest BCUT2D eigenvalue weighted by molar-refractivity contribution is 5.75. The number of likely N-dealkylation sites (tertiary alicyclic amines) is 1. The van der Waals surface area contributed by atoms with Crippen LogP contribution in [-0.2, 0) is 0 Å². The Hall–Kier alpha value is -1.55. The van der Waals surface area contributed by atoms with Crippen molar-refractivity contribution in [2.75, 3.05) is 13.2 Å². The van der Waals surface area contributed by atoms with Crippen molar-refractivity contribution < 1.29 is 9.90 Å². The maximum atomic E-state index is 12.5. The number of aliphatic hydroxyl groups excluding tert-OH is 1. The van der Waals surface area contributed by atoms with Gasteiger partial charge in [-0.25, -0.2) is 4.79 Å². The van der Waals surface area contributed by atoms with Crippen molar-refractivity contribution >= 4 is 6.03 Å². The number of rotatable bonds is 4. The standard InChI is InChI=1S/C17H24N2O2/c1-12-4-6-13(7-5-12)16(14-8-9-14)18-17(21)19-10-2-3-15(19)11-20/h4-7,14-16,20H,2-3,8-11H2,1H3,(H,18,21). The van der Waals surface area contributed by atoms with E-state index in [2.05, 4.69) is 36.5 Å². The van der Waals surface area contributed by atoms with E-state index in [0.717, 1.165) is 19.4 Å². The fourth-order valence-electron chi connectivity index (χ4n) is 3.19. The fraction of sp³-hybridized carbons (Fsp3) is 0.588. The van der Waals surface area contributed by atoms with Gasteiger partial charge in [-0.05, 0) is 44.1 Å². The zero-order valence-corrected chi connectivity index (χ0v) is 12.6. The lowest BCUT2D eigenvalue weighted by Crippen LogP contribution is -2.45. The average molecular weight is 288 g/mol. The minimum absolute atomic E-state index is 0.0112. The van der Waals surface area contributed by atoms with E-state index < -0.39 is 0 Å². The molecule has 3 rings (SSSR count). The second kappa shape index (κ2) is 6.06. The van der Waals surface area contributed by atoms with Crippen molar-refractivity contribution in [3.05, 3.63) is 35.4 Å². The zero-order chi connectivity index (χ0) is 14.8. The third kappa shape index (κ3) is 3.21. The third-order valence-electron chi connectivity index (χ3n) is 4.66. The van der Waals surface area contributed by atoms with E-state index in [0.29, 0.717) is 5.92 Å². The molecule has 1 aromatic rings. The summed E-state index contributed by atoms with van der Waals surface area (Å²) in [6.07, 6.45) is 4.25. The summed E-state index contributed by atoms with van der Waals surface area (Å²) in [4.78, 5) is 14.3. The van der Waals surface area contributed by atoms with Crippen LogP contribution >= 0.6 is 0 Å². The molecule has 2 unspecified atom stereocenters. The van der Waals surface area contributed by atoms with Crippen molar-refractivity contribution in [2.45, 2.75) is 44.7 Å². The number of hydrogen-bond donors (Lipinski definition) is 2. The second-order valence-corrected chi connectivity index (χ2v) is 6.35. The van der Waals surface area contributed by atoms with E-state index in [4.69, 9.17) is 0 Å². The van der Waals surface area contributed by atoms with E-state index in [-0.39, 0.29) is 24.7 Å². The van der Waals surface area contributed by atoms with Gasteiger partial charge in [-0.3, -0.25) is 0 Å². The van der Waals surface area contributed by atoms with Gasteiger partial charge in [-0.2, -0.15) is 0 Å². The Kier molecular flexibility index (Phi) is 4.15. The molecule has 0 radical (unpaired) electrons. The number of benzene rings is 1. The van der Waals surface area contributed by atoms with E-state index in [1.165, 1.54) is 24.0 Å². The molecule has 0 spiro atoms. The topological polar surface area (TPSA) is 52.6 Å². The SMILES string of the molecule is Cc1ccc(C(NC(=O)N2CCCC2CO)C2CC2)cc1. The smallest absolute Gasteiger partial charge is 0.318 e. The van der Waals surface area contributed by atoms with Crippen molar-refractivity contribution in [2.24, 2.45) is 5.92 Å². The maximum Gasteiger partial charge on any atom is 0.318 e. The van der Waals surface area contributed by atoms with Crippen LogP contribution in [0.15, 0.2) is 24.3 Å². The van der Waals surface area contributed by atoms with Crippen LogP contribution in [0, 0.1) is 12.8 Å². The van der Waals surface area contributed by atoms with Crippen LogP contribution in [0.3, 0.4) is 0 Å². The molecule has 2 aliphatic rings. The second-order valence-electron chi connectivity index (χ2n) is 6.35. The lowest BCUT2D eigenvalue weighted by molar-refractivity contribution is 0.153. The van der Waals surface area contributed by atoms with Crippen LogP contribution in [-0.4, -0.2) is 35.2 Å². The highest BCUT2D eigenvalue weighted by Gasteiger charge is 2.36. The van der Waals surface area contributed by atoms with Crippen LogP contribution in [0.1, 0.15) is 42.9 Å². The van der Waals surface area contributed by atoms with Crippen LogP contribution in [0.25, 0.3) is 0 Å². The molecule has 2 fully saturated rings. The largest absolute Gasteiger partial charge is 0.394 e. The Morgan fingerprint density at radius 3 is 2.67 bits per heavy atom. The van der Waals surface area contributed by atoms with Gasteiger partial charge in [-0.15, -0.1) is 0 Å². The summed E-state index contributed by atoms with van der Waals surface area (Å²) < 4.78 is 0. The molecule has 0 aromatic heterocycles. The molecule has 1 aliphatic carbocycles. The molecule has 1 saturated carbocycles. The molecule has 0 bridgehead atoms. The lowest BCUT2D eigenvalue weighted by atomic mass is 10.0. The quantitative estimate of drug-likeness (QED) is 0.895. The summed E-state index contributed by atoms with van der Waals surface area (Å²) >= 11 is 0. The maximum absolute atomic E-state index is 12.5. The van der Waals surface area contributed by atoms with Gasteiger partial charge in [0.2, 0.25) is 0 Å². The van der Waals surface area contributed by atoms with Crippen LogP contribution in [0.2, 0.25) is 0 Å². The zero-order valence-electron chi connectivity index (χ0n) is 12.6. The Morgan fingerprint density at radius 1 is 1.33 bits per heavy atom. The van der Waals surface area contributed by atoms with Gasteiger partial charge in [-0.1, -0.05) is 29.8 Å². The minimum Gasteiger partial charge on any atom is -0.394 e. The number of nitrogens with zero attached hydrogens (tertiary/aromatic N) is 1. The molecule has 1 heterocycles. The first-order valence-electron chi connectivity index (χ1n) is 7.93. The summed E-state index contributed by atoms with van der Waals surface area (Å²) in [6.45, 7) is 2.89. The highest BCUT2D eigenvalue weighted by Crippen LogP contribution is 2.41. The van der Waals surface area contributed by atoms with Gasteiger partial charge in [0.1, 0.15) is 0 Å². The number of aryl methyl sites for hydroxylation is 1. The van der Waals surface area contributed by atoms with Crippen molar-refractivity contribution in [1.29, 1.82) is 0 Å². The van der Waals surface area contributed by atoms with E-state index in [1.807, 2.05) is 0 Å². The highest BCUT2D eigenvalue weighted by atomic mass is 16.3. The molecule has 1 aromatic carbocycles. The number of urea groups is 1. The summed E-state index contributed by atoms with van der Waals surface area (Å²) in [5.41, 5.74) is 2.43. The van der Waals surface area contributed by atoms with E-state index in [9.17, 15) is 9.90 Å². The van der Waals surface area contributed by atoms with Crippen LogP contribution in [0.5, 0.6) is 0 Å². The molecule has 21 heavy (non-hydrogen) atoms. The molecule has 2 amide bonds. The molecule has 1 saturated heterocycles. The normalized spacial score (nSPS) is 23.1. The Bertz CT molecular complexity index is 496. The number of aliphatic hydroxyl groups is 1. The number of carbonyl (C=O) groups is 1. The predicted octanol–water partition coefficient (Wildman–Crippen LogP) is 2.61. The van der Waals surface area contributed by atoms with Crippen molar-refractivity contribution in [3.8, 4) is 0 Å². The molecular weight excluding hydrogens is 264 g/mol. The molecule has 4 nitrogen and oxygen atoms in total. The number of nitrogens with one attached hydrogen (secondary N) is 1. The molecular formula is C17H24N2O2. The van der Waals surface area contributed by atoms with Gasteiger partial charge in [0.05, 0.1) is 18.7 Å². The first-order chi connectivity index (χ1) is 10.2. The number of carbonyl (C=O) groups excluding carboxylic acids is 1. The van der Waals surface area contributed by atoms with Gasteiger partial charge in [0.15, 0.2) is 0 Å². The average Bonchev–Trinajstić information content (AvgIpc) is 3.22. The fourth-order valence-corrected chi connectivity index (χ4v) is 3.19. The predicted molar refractivity (Wildman–Crippen MR) is 82.0 cm³/mol. The summed E-state index contributed by atoms with van der Waals surface area (Å²) in [6, 6.07) is 8.51. The Balaban J connectivity index is 1.70. The van der Waals surface area contributed by atoms with Gasteiger partial charge < -0.3 is 15.3 Å². The third-order valence-corrected chi connectivity index (χ3v) is 4.66. The molecule has 4 heteroatoms. The Morgan fingerprint density at radius 2 is 2.05 bits per heavy atom. The van der Waals surface area contributed by atoms with Gasteiger partial charge in [0.25, 0.3) is 0 Å². The first kappa shape index (κ1) is 14.4. The van der Waals surface area contributed by atoms with E-state index in [1.54, 1.807) is 4.90 Å². The monoisotopic (exact) mass is 288 g/mol. The first-order valence-corrected chi connectivity index (χ1v) is 7.93. The van der Waals surface area contributed by atoms with Gasteiger partial charge in [0, 0.05) is 6.54 Å². The summed E-state index contributed by atoms with van der Waals surface area (Å²) in [5, 5.41) is 12.6. The molecule has 2 N–H and O–H groups in total. The van der Waals surface area contributed by atoms with Crippen LogP contribution < -0.4 is 5.32 Å². The van der Waals surface area contributed by atoms with Gasteiger partial charge >= 0.3 is 6.03 Å². The van der Waals surface area contributed by atoms with Crippen molar-refractivity contribution in [1.82, 2.24) is 10.2 Å². The van der Waals surface area contributed by atoms with Crippen molar-refractivity contribution in [3.63, 3.8) is 0 Å². The molecule has 2 atom stereocenters. The minimum atomic E-state index is -0.0241. The van der Waals surface area contributed by atoms with Crippen LogP contribution in [0.4, 0.5) is 4.79 Å². The summed E-state index contributed by atoms with van der Waals surface area (Å²) in [7, 11) is 0. The lowest BCUT2D eigenvalue weighted by Gasteiger charge is -2.27. The summed E-state index contributed by atoms with van der Waals surface area (Å²) in [5.74, 6) is 0.562. The molecule has 114 valence electrons.